The van der Waals surface area contributed by atoms with Crippen LogP contribution in [0.2, 0.25) is 0 Å². The Morgan fingerprint density at radius 3 is 2.32 bits per heavy atom. The van der Waals surface area contributed by atoms with Crippen molar-refractivity contribution >= 4 is 32.9 Å². The van der Waals surface area contributed by atoms with E-state index >= 15 is 0 Å². The Morgan fingerprint density at radius 1 is 0.971 bits per heavy atom. The van der Waals surface area contributed by atoms with Crippen LogP contribution < -0.4 is 0 Å². The minimum atomic E-state index is -3.51. The van der Waals surface area contributed by atoms with E-state index in [2.05, 4.69) is 4.98 Å². The summed E-state index contributed by atoms with van der Waals surface area (Å²) in [6, 6.07) is 5.12. The molecule has 2 saturated heterocycles. The molecule has 9 nitrogen and oxygen atoms in total. The van der Waals surface area contributed by atoms with Gasteiger partial charge in [-0.05, 0) is 43.9 Å². The van der Waals surface area contributed by atoms with E-state index < -0.39 is 10.0 Å². The zero-order valence-corrected chi connectivity index (χ0v) is 20.6. The Kier molecular flexibility index (Phi) is 6.37. The number of sulfonamides is 1. The Bertz CT molecular complexity index is 1190. The highest BCUT2D eigenvalue weighted by atomic mass is 32.2. The third-order valence-electron chi connectivity index (χ3n) is 7.33. The predicted molar refractivity (Wildman–Crippen MR) is 128 cm³/mol. The quantitative estimate of drug-likeness (QED) is 0.619. The van der Waals surface area contributed by atoms with Crippen LogP contribution in [0, 0.1) is 5.92 Å². The number of piperidine rings is 1. The number of hydrogen-bond acceptors (Lipinski definition) is 5. The van der Waals surface area contributed by atoms with Crippen molar-refractivity contribution < 1.29 is 18.0 Å². The third-order valence-corrected chi connectivity index (χ3v) is 9.23. The lowest BCUT2D eigenvalue weighted by atomic mass is 10.2. The third kappa shape index (κ3) is 4.57. The second-order valence-electron chi connectivity index (χ2n) is 9.68. The molecule has 0 spiro atoms. The molecule has 2 aromatic rings. The van der Waals surface area contributed by atoms with E-state index in [1.54, 1.807) is 22.5 Å². The molecule has 0 N–H and O–H groups in total. The fourth-order valence-electron chi connectivity index (χ4n) is 5.01. The van der Waals surface area contributed by atoms with E-state index in [1.807, 2.05) is 21.4 Å². The molecule has 0 unspecified atom stereocenters. The first-order chi connectivity index (χ1) is 16.3. The van der Waals surface area contributed by atoms with Crippen LogP contribution in [-0.2, 0) is 33.1 Å². The molecule has 0 radical (unpaired) electrons. The standard InChI is InChI=1S/C24H33N5O4S/c1-26-21-8-7-19(34(32,33)29-11-3-2-4-12-29)17-20(21)25-22(26)9-10-23(30)27-13-15-28(16-14-27)24(31)18-5-6-18/h7-8,17-18H,2-6,9-16H2,1H3. The molecule has 3 fully saturated rings. The summed E-state index contributed by atoms with van der Waals surface area (Å²) in [4.78, 5) is 33.7. The topological polar surface area (TPSA) is 95.8 Å². The molecule has 3 aliphatic rings. The van der Waals surface area contributed by atoms with E-state index in [0.717, 1.165) is 43.4 Å². The molecule has 10 heteroatoms. The zero-order valence-electron chi connectivity index (χ0n) is 19.8. The number of rotatable bonds is 6. The summed E-state index contributed by atoms with van der Waals surface area (Å²) in [6.45, 7) is 3.52. The van der Waals surface area contributed by atoms with E-state index in [-0.39, 0.29) is 22.6 Å². The number of nitrogens with zero attached hydrogens (tertiary/aromatic N) is 5. The normalized spacial score (nSPS) is 20.1. The van der Waals surface area contributed by atoms with Crippen molar-refractivity contribution in [1.82, 2.24) is 23.7 Å². The van der Waals surface area contributed by atoms with Crippen LogP contribution in [-0.4, -0.2) is 83.2 Å². The Hall–Kier alpha value is -2.46. The summed E-state index contributed by atoms with van der Waals surface area (Å²) < 4.78 is 29.6. The van der Waals surface area contributed by atoms with Crippen LogP contribution in [0.5, 0.6) is 0 Å². The molecule has 1 aliphatic carbocycles. The van der Waals surface area contributed by atoms with Crippen molar-refractivity contribution in [2.75, 3.05) is 39.3 Å². The number of hydrogen-bond donors (Lipinski definition) is 0. The number of imidazole rings is 1. The summed E-state index contributed by atoms with van der Waals surface area (Å²) >= 11 is 0. The zero-order chi connectivity index (χ0) is 23.9. The first kappa shape index (κ1) is 23.3. The summed E-state index contributed by atoms with van der Waals surface area (Å²) in [7, 11) is -1.62. The van der Waals surface area contributed by atoms with Crippen molar-refractivity contribution in [1.29, 1.82) is 0 Å². The largest absolute Gasteiger partial charge is 0.339 e. The molecule has 3 heterocycles. The first-order valence-electron chi connectivity index (χ1n) is 12.4. The molecule has 1 saturated carbocycles. The number of aryl methyl sites for hydroxylation is 2. The number of aromatic nitrogens is 2. The number of carbonyl (C=O) groups is 2. The number of fused-ring (bicyclic) bond motifs is 1. The lowest BCUT2D eigenvalue weighted by Crippen LogP contribution is -2.51. The van der Waals surface area contributed by atoms with Crippen LogP contribution >= 0.6 is 0 Å². The molecule has 184 valence electrons. The lowest BCUT2D eigenvalue weighted by molar-refractivity contribution is -0.140. The van der Waals surface area contributed by atoms with E-state index in [1.165, 1.54) is 0 Å². The van der Waals surface area contributed by atoms with Crippen LogP contribution in [0.4, 0.5) is 0 Å². The van der Waals surface area contributed by atoms with Gasteiger partial charge in [-0.25, -0.2) is 13.4 Å². The summed E-state index contributed by atoms with van der Waals surface area (Å²) in [6.07, 6.45) is 5.70. The van der Waals surface area contributed by atoms with Crippen molar-refractivity contribution in [2.45, 2.75) is 49.8 Å². The van der Waals surface area contributed by atoms with Gasteiger partial charge in [0.25, 0.3) is 0 Å². The van der Waals surface area contributed by atoms with Gasteiger partial charge in [-0.15, -0.1) is 0 Å². The SMILES string of the molecule is Cn1c(CCC(=O)N2CCN(C(=O)C3CC3)CC2)nc2cc(S(=O)(=O)N3CCCCC3)ccc21. The van der Waals surface area contributed by atoms with Gasteiger partial charge in [0.05, 0.1) is 15.9 Å². The second-order valence-corrected chi connectivity index (χ2v) is 11.6. The molecule has 5 rings (SSSR count). The van der Waals surface area contributed by atoms with Crippen LogP contribution in [0.1, 0.15) is 44.3 Å². The van der Waals surface area contributed by atoms with Crippen LogP contribution in [0.15, 0.2) is 23.1 Å². The van der Waals surface area contributed by atoms with Gasteiger partial charge < -0.3 is 14.4 Å². The van der Waals surface area contributed by atoms with Crippen LogP contribution in [0.25, 0.3) is 11.0 Å². The van der Waals surface area contributed by atoms with Gasteiger partial charge in [-0.3, -0.25) is 9.59 Å². The maximum Gasteiger partial charge on any atom is 0.243 e. The maximum atomic E-state index is 13.0. The smallest absolute Gasteiger partial charge is 0.243 e. The maximum absolute atomic E-state index is 13.0. The Balaban J connectivity index is 1.22. The van der Waals surface area contributed by atoms with Crippen LogP contribution in [0.3, 0.4) is 0 Å². The molecule has 1 aromatic carbocycles. The van der Waals surface area contributed by atoms with Crippen molar-refractivity contribution in [3.8, 4) is 0 Å². The van der Waals surface area contributed by atoms with Crippen molar-refractivity contribution in [2.24, 2.45) is 13.0 Å². The number of amides is 2. The van der Waals surface area contributed by atoms with E-state index in [9.17, 15) is 18.0 Å². The highest BCUT2D eigenvalue weighted by Gasteiger charge is 2.35. The highest BCUT2D eigenvalue weighted by Crippen LogP contribution is 2.31. The number of piperazine rings is 1. The van der Waals surface area contributed by atoms with Gasteiger partial charge in [0.2, 0.25) is 21.8 Å². The summed E-state index contributed by atoms with van der Waals surface area (Å²) in [5.41, 5.74) is 1.49. The average molecular weight is 488 g/mol. The van der Waals surface area contributed by atoms with Gasteiger partial charge in [-0.1, -0.05) is 6.42 Å². The van der Waals surface area contributed by atoms with Gasteiger partial charge in [-0.2, -0.15) is 4.31 Å². The summed E-state index contributed by atoms with van der Waals surface area (Å²) in [5, 5.41) is 0. The molecule has 2 amide bonds. The number of benzene rings is 1. The number of carbonyl (C=O) groups excluding carboxylic acids is 2. The minimum absolute atomic E-state index is 0.0685. The lowest BCUT2D eigenvalue weighted by Gasteiger charge is -2.35. The Labute approximate surface area is 200 Å². The minimum Gasteiger partial charge on any atom is -0.339 e. The first-order valence-corrected chi connectivity index (χ1v) is 13.8. The molecule has 34 heavy (non-hydrogen) atoms. The van der Waals surface area contributed by atoms with Crippen molar-refractivity contribution in [3.63, 3.8) is 0 Å². The van der Waals surface area contributed by atoms with Crippen molar-refractivity contribution in [3.05, 3.63) is 24.0 Å². The van der Waals surface area contributed by atoms with Gasteiger partial charge in [0.1, 0.15) is 5.82 Å². The highest BCUT2D eigenvalue weighted by molar-refractivity contribution is 7.89. The molecular weight excluding hydrogens is 454 g/mol. The fourth-order valence-corrected chi connectivity index (χ4v) is 6.55. The molecule has 0 bridgehead atoms. The van der Waals surface area contributed by atoms with Gasteiger partial charge in [0, 0.05) is 65.1 Å². The van der Waals surface area contributed by atoms with E-state index in [4.69, 9.17) is 0 Å². The van der Waals surface area contributed by atoms with Gasteiger partial charge >= 0.3 is 0 Å². The molecule has 1 aromatic heterocycles. The average Bonchev–Trinajstić information content (AvgIpc) is 3.67. The summed E-state index contributed by atoms with van der Waals surface area (Å²) in [5.74, 6) is 1.29. The Morgan fingerprint density at radius 2 is 1.65 bits per heavy atom. The molecule has 2 aliphatic heterocycles. The predicted octanol–water partition coefficient (Wildman–Crippen LogP) is 1.76. The molecular formula is C24H33N5O4S. The van der Waals surface area contributed by atoms with Gasteiger partial charge in [0.15, 0.2) is 0 Å². The second kappa shape index (κ2) is 9.30. The van der Waals surface area contributed by atoms with E-state index in [0.29, 0.717) is 57.6 Å². The molecule has 0 atom stereocenters. The fraction of sp³-hybridized carbons (Fsp3) is 0.625. The monoisotopic (exact) mass is 487 g/mol.